The van der Waals surface area contributed by atoms with Crippen molar-refractivity contribution in [3.05, 3.63) is 93.4 Å². The van der Waals surface area contributed by atoms with Crippen molar-refractivity contribution >= 4 is 17.9 Å². The summed E-state index contributed by atoms with van der Waals surface area (Å²) >= 11 is 0. The van der Waals surface area contributed by atoms with Gasteiger partial charge in [0.25, 0.3) is 0 Å². The normalized spacial score (nSPS) is 18.3. The lowest BCUT2D eigenvalue weighted by Crippen LogP contribution is -2.18. The van der Waals surface area contributed by atoms with E-state index in [2.05, 4.69) is 16.9 Å². The summed E-state index contributed by atoms with van der Waals surface area (Å²) in [6, 6.07) is 20.2. The van der Waals surface area contributed by atoms with E-state index < -0.39 is 0 Å². The van der Waals surface area contributed by atoms with Gasteiger partial charge in [0.15, 0.2) is 5.78 Å². The fourth-order valence-corrected chi connectivity index (χ4v) is 2.96. The van der Waals surface area contributed by atoms with Crippen molar-refractivity contribution in [3.8, 4) is 0 Å². The quantitative estimate of drug-likeness (QED) is 0.239. The maximum Gasteiger partial charge on any atom is 0.185 e. The van der Waals surface area contributed by atoms with Crippen LogP contribution in [-0.2, 0) is 4.79 Å². The van der Waals surface area contributed by atoms with Crippen LogP contribution in [0.3, 0.4) is 0 Å². The highest BCUT2D eigenvalue weighted by Gasteiger charge is 2.25. The molecule has 0 heterocycles. The van der Waals surface area contributed by atoms with Gasteiger partial charge in [-0.2, -0.15) is 0 Å². The van der Waals surface area contributed by atoms with Gasteiger partial charge in [0.2, 0.25) is 0 Å². The first-order chi connectivity index (χ1) is 13.6. The summed E-state index contributed by atoms with van der Waals surface area (Å²) in [6.07, 6.45) is 5.80. The lowest BCUT2D eigenvalue weighted by Gasteiger charge is -2.22. The SMILES string of the molecule is CC.CC1CC(=Cc2ccccc2)C(=O)C(=Cc2ccccc2)C1.CN=[N+]=[N-]. The van der Waals surface area contributed by atoms with E-state index in [-0.39, 0.29) is 5.78 Å². The van der Waals surface area contributed by atoms with E-state index in [4.69, 9.17) is 5.53 Å². The summed E-state index contributed by atoms with van der Waals surface area (Å²) in [7, 11) is 1.39. The smallest absolute Gasteiger partial charge is 0.185 e. The number of rotatable bonds is 2. The molecule has 2 aromatic rings. The second kappa shape index (κ2) is 13.1. The minimum atomic E-state index is 0.200. The summed E-state index contributed by atoms with van der Waals surface area (Å²) in [5, 5.41) is 2.92. The number of hydrogen-bond donors (Lipinski definition) is 0. The summed E-state index contributed by atoms with van der Waals surface area (Å²) in [5.41, 5.74) is 11.4. The van der Waals surface area contributed by atoms with Crippen molar-refractivity contribution in [2.24, 2.45) is 11.0 Å². The van der Waals surface area contributed by atoms with Gasteiger partial charge < -0.3 is 0 Å². The van der Waals surface area contributed by atoms with Crippen LogP contribution in [0.5, 0.6) is 0 Å². The molecule has 0 aliphatic heterocycles. The van der Waals surface area contributed by atoms with Crippen LogP contribution in [0.4, 0.5) is 0 Å². The predicted molar refractivity (Wildman–Crippen MR) is 119 cm³/mol. The zero-order valence-corrected chi connectivity index (χ0v) is 17.2. The lowest BCUT2D eigenvalue weighted by molar-refractivity contribution is -0.113. The molecule has 0 bridgehead atoms. The molecule has 0 N–H and O–H groups in total. The number of Topliss-reactive ketones (excluding diaryl/α,β-unsaturated/α-hetero) is 1. The molecule has 1 fully saturated rings. The molecule has 0 aromatic heterocycles. The van der Waals surface area contributed by atoms with Gasteiger partial charge in [0.1, 0.15) is 0 Å². The van der Waals surface area contributed by atoms with Crippen LogP contribution in [0, 0.1) is 5.92 Å². The Morgan fingerprint density at radius 1 is 0.893 bits per heavy atom. The van der Waals surface area contributed by atoms with Gasteiger partial charge in [-0.1, -0.05) is 86.5 Å². The molecular formula is C24H29N3O. The Morgan fingerprint density at radius 3 is 1.57 bits per heavy atom. The van der Waals surface area contributed by atoms with E-state index in [1.54, 1.807) is 0 Å². The van der Waals surface area contributed by atoms with Gasteiger partial charge >= 0.3 is 0 Å². The van der Waals surface area contributed by atoms with Crippen LogP contribution < -0.4 is 0 Å². The number of hydrogen-bond acceptors (Lipinski definition) is 2. The Kier molecular flexibility index (Phi) is 10.8. The van der Waals surface area contributed by atoms with E-state index in [9.17, 15) is 4.79 Å². The van der Waals surface area contributed by atoms with Gasteiger partial charge in [-0.15, -0.1) is 0 Å². The third-order valence-electron chi connectivity index (χ3n) is 4.09. The molecule has 3 rings (SSSR count). The first-order valence-electron chi connectivity index (χ1n) is 9.63. The molecule has 1 aliphatic rings. The molecule has 0 amide bonds. The fraction of sp³-hybridized carbons (Fsp3) is 0.292. The zero-order valence-electron chi connectivity index (χ0n) is 17.2. The van der Waals surface area contributed by atoms with Crippen LogP contribution in [0.1, 0.15) is 44.7 Å². The number of benzene rings is 2. The van der Waals surface area contributed by atoms with Crippen LogP contribution in [-0.4, -0.2) is 12.8 Å². The summed E-state index contributed by atoms with van der Waals surface area (Å²) in [6.45, 7) is 6.21. The van der Waals surface area contributed by atoms with Crippen molar-refractivity contribution in [2.45, 2.75) is 33.6 Å². The molecule has 0 unspecified atom stereocenters. The molecule has 1 aliphatic carbocycles. The van der Waals surface area contributed by atoms with E-state index >= 15 is 0 Å². The van der Waals surface area contributed by atoms with Crippen molar-refractivity contribution < 1.29 is 4.79 Å². The average Bonchev–Trinajstić information content (AvgIpc) is 2.74. The molecule has 28 heavy (non-hydrogen) atoms. The Hall–Kier alpha value is -3.10. The maximum absolute atomic E-state index is 12.7. The summed E-state index contributed by atoms with van der Waals surface area (Å²) in [5.74, 6) is 0.702. The van der Waals surface area contributed by atoms with Crippen LogP contribution in [0.2, 0.25) is 0 Å². The minimum Gasteiger partial charge on any atom is -0.289 e. The van der Waals surface area contributed by atoms with Gasteiger partial charge in [-0.05, 0) is 47.6 Å². The van der Waals surface area contributed by atoms with E-state index in [0.29, 0.717) is 5.92 Å². The fourth-order valence-electron chi connectivity index (χ4n) is 2.96. The molecule has 0 saturated heterocycles. The van der Waals surface area contributed by atoms with Crippen LogP contribution in [0.15, 0.2) is 76.9 Å². The standard InChI is InChI=1S/C21H20O.C2H6.CH3N3/c1-16-12-19(14-17-8-4-2-5-9-17)21(22)20(13-16)15-18-10-6-3-7-11-18;1-2;1-3-4-2/h2-11,14-16H,12-13H2,1H3;1-2H3;1H3. The largest absolute Gasteiger partial charge is 0.289 e. The molecular weight excluding hydrogens is 346 g/mol. The average molecular weight is 376 g/mol. The summed E-state index contributed by atoms with van der Waals surface area (Å²) in [4.78, 5) is 15.1. The lowest BCUT2D eigenvalue weighted by atomic mass is 9.81. The second-order valence-corrected chi connectivity index (χ2v) is 6.29. The van der Waals surface area contributed by atoms with Crippen molar-refractivity contribution in [1.82, 2.24) is 0 Å². The Balaban J connectivity index is 0.000000583. The number of carbonyl (C=O) groups excluding carboxylic acids is 1. The molecule has 4 heteroatoms. The Morgan fingerprint density at radius 2 is 1.25 bits per heavy atom. The minimum absolute atomic E-state index is 0.200. The molecule has 4 nitrogen and oxygen atoms in total. The van der Waals surface area contributed by atoms with E-state index in [1.165, 1.54) is 7.05 Å². The number of carbonyl (C=O) groups is 1. The number of allylic oxidation sites excluding steroid dienone is 2. The highest BCUT2D eigenvalue weighted by molar-refractivity contribution is 6.14. The highest BCUT2D eigenvalue weighted by atomic mass is 16.1. The molecule has 0 radical (unpaired) electrons. The van der Waals surface area contributed by atoms with Gasteiger partial charge in [0.05, 0.1) is 0 Å². The predicted octanol–water partition coefficient (Wildman–Crippen LogP) is 7.11. The van der Waals surface area contributed by atoms with Gasteiger partial charge in [-0.3, -0.25) is 4.79 Å². The number of ketones is 1. The zero-order chi connectivity index (χ0) is 20.8. The first-order valence-corrected chi connectivity index (χ1v) is 9.63. The highest BCUT2D eigenvalue weighted by Crippen LogP contribution is 2.32. The molecule has 0 atom stereocenters. The maximum atomic E-state index is 12.7. The molecule has 1 saturated carbocycles. The Bertz CT molecular complexity index is 771. The topological polar surface area (TPSA) is 65.8 Å². The number of azide groups is 1. The first kappa shape index (κ1) is 22.9. The Labute approximate surface area is 168 Å². The van der Waals surface area contributed by atoms with Crippen LogP contribution in [0.25, 0.3) is 22.6 Å². The van der Waals surface area contributed by atoms with Crippen molar-refractivity contribution in [1.29, 1.82) is 0 Å². The summed E-state index contributed by atoms with van der Waals surface area (Å²) < 4.78 is 0. The van der Waals surface area contributed by atoms with Crippen molar-refractivity contribution in [2.75, 3.05) is 7.05 Å². The van der Waals surface area contributed by atoms with E-state index in [0.717, 1.165) is 35.1 Å². The number of nitrogens with zero attached hydrogens (tertiary/aromatic N) is 3. The monoisotopic (exact) mass is 375 g/mol. The van der Waals surface area contributed by atoms with E-state index in [1.807, 2.05) is 86.7 Å². The van der Waals surface area contributed by atoms with Gasteiger partial charge in [-0.25, -0.2) is 0 Å². The third-order valence-corrected chi connectivity index (χ3v) is 4.09. The molecule has 0 spiro atoms. The van der Waals surface area contributed by atoms with Crippen molar-refractivity contribution in [3.63, 3.8) is 0 Å². The molecule has 146 valence electrons. The van der Waals surface area contributed by atoms with Crippen LogP contribution >= 0.6 is 0 Å². The van der Waals surface area contributed by atoms with Gasteiger partial charge in [0, 0.05) is 23.1 Å². The second-order valence-electron chi connectivity index (χ2n) is 6.29. The third kappa shape index (κ3) is 7.65. The molecule has 2 aromatic carbocycles.